The van der Waals surface area contributed by atoms with Gasteiger partial charge in [-0.1, -0.05) is 61.4 Å². The fourth-order valence-corrected chi connectivity index (χ4v) is 5.12. The van der Waals surface area contributed by atoms with Gasteiger partial charge in [-0.3, -0.25) is 14.5 Å². The van der Waals surface area contributed by atoms with Crippen LogP contribution in [0.15, 0.2) is 65.3 Å². The number of nitrogens with zero attached hydrogens (tertiary/aromatic N) is 3. The van der Waals surface area contributed by atoms with Gasteiger partial charge in [-0.2, -0.15) is 0 Å². The van der Waals surface area contributed by atoms with E-state index < -0.39 is 0 Å². The van der Waals surface area contributed by atoms with Gasteiger partial charge in [0.15, 0.2) is 5.17 Å². The van der Waals surface area contributed by atoms with E-state index in [0.29, 0.717) is 22.7 Å². The first kappa shape index (κ1) is 23.1. The lowest BCUT2D eigenvalue weighted by atomic mass is 9.94. The molecule has 1 saturated carbocycles. The van der Waals surface area contributed by atoms with Crippen molar-refractivity contribution in [3.63, 3.8) is 0 Å². The van der Waals surface area contributed by atoms with Gasteiger partial charge in [0, 0.05) is 13.1 Å². The second-order valence-corrected chi connectivity index (χ2v) is 9.20. The summed E-state index contributed by atoms with van der Waals surface area (Å²) >= 11 is 1.31. The van der Waals surface area contributed by atoms with Crippen LogP contribution >= 0.6 is 11.8 Å². The Morgan fingerprint density at radius 1 is 1.15 bits per heavy atom. The van der Waals surface area contributed by atoms with Crippen molar-refractivity contribution in [1.29, 1.82) is 0 Å². The predicted molar refractivity (Wildman–Crippen MR) is 134 cm³/mol. The van der Waals surface area contributed by atoms with E-state index in [4.69, 9.17) is 4.74 Å². The largest absolute Gasteiger partial charge is 0.497 e. The highest BCUT2D eigenvalue weighted by atomic mass is 32.2. The van der Waals surface area contributed by atoms with Crippen LogP contribution in [-0.2, 0) is 9.59 Å². The molecule has 0 radical (unpaired) electrons. The second kappa shape index (κ2) is 10.7. The molecule has 0 bridgehead atoms. The van der Waals surface area contributed by atoms with Crippen molar-refractivity contribution in [2.45, 2.75) is 38.1 Å². The molecule has 6 nitrogen and oxygen atoms in total. The van der Waals surface area contributed by atoms with Crippen LogP contribution in [0, 0.1) is 0 Å². The van der Waals surface area contributed by atoms with E-state index in [1.807, 2.05) is 66.5 Å². The zero-order chi connectivity index (χ0) is 23.2. The van der Waals surface area contributed by atoms with Crippen molar-refractivity contribution in [2.24, 2.45) is 4.99 Å². The number of methoxy groups -OCH3 is 1. The van der Waals surface area contributed by atoms with Gasteiger partial charge in [-0.05, 0) is 48.7 Å². The predicted octanol–water partition coefficient (Wildman–Crippen LogP) is 4.96. The highest BCUT2D eigenvalue weighted by molar-refractivity contribution is 8.14. The number of amidine groups is 1. The van der Waals surface area contributed by atoms with Gasteiger partial charge in [0.05, 0.1) is 18.6 Å². The second-order valence-electron chi connectivity index (χ2n) is 8.26. The minimum Gasteiger partial charge on any atom is -0.497 e. The van der Waals surface area contributed by atoms with Crippen molar-refractivity contribution < 1.29 is 14.3 Å². The summed E-state index contributed by atoms with van der Waals surface area (Å²) in [6.45, 7) is 0. The SMILES string of the molecule is COc1cccc(/C=C2/N=C(SCC(=O)N(C)C3CCCCC3)N(c3ccccc3)C2=O)c1. The highest BCUT2D eigenvalue weighted by Gasteiger charge is 2.33. The van der Waals surface area contributed by atoms with Gasteiger partial charge in [0.2, 0.25) is 5.91 Å². The highest BCUT2D eigenvalue weighted by Crippen LogP contribution is 2.30. The number of carbonyl (C=O) groups excluding carboxylic acids is 2. The van der Waals surface area contributed by atoms with Crippen molar-refractivity contribution in [2.75, 3.05) is 24.8 Å². The summed E-state index contributed by atoms with van der Waals surface area (Å²) in [5.41, 5.74) is 1.90. The molecule has 7 heteroatoms. The number of carbonyl (C=O) groups is 2. The normalized spacial score (nSPS) is 17.9. The molecule has 1 aliphatic heterocycles. The Kier molecular flexibility index (Phi) is 7.50. The smallest absolute Gasteiger partial charge is 0.283 e. The van der Waals surface area contributed by atoms with Crippen LogP contribution in [0.3, 0.4) is 0 Å². The van der Waals surface area contributed by atoms with Crippen LogP contribution in [0.2, 0.25) is 0 Å². The van der Waals surface area contributed by atoms with Crippen LogP contribution in [0.1, 0.15) is 37.7 Å². The van der Waals surface area contributed by atoms with Crippen LogP contribution < -0.4 is 9.64 Å². The van der Waals surface area contributed by atoms with Crippen molar-refractivity contribution >= 4 is 40.5 Å². The maximum absolute atomic E-state index is 13.3. The molecule has 0 aromatic heterocycles. The summed E-state index contributed by atoms with van der Waals surface area (Å²) < 4.78 is 5.29. The van der Waals surface area contributed by atoms with Crippen LogP contribution in [-0.4, -0.2) is 47.8 Å². The number of ether oxygens (including phenoxy) is 1. The Balaban J connectivity index is 1.55. The molecular weight excluding hydrogens is 434 g/mol. The van der Waals surface area contributed by atoms with E-state index in [1.54, 1.807) is 18.1 Å². The van der Waals surface area contributed by atoms with E-state index in [2.05, 4.69) is 4.99 Å². The number of benzene rings is 2. The molecule has 0 saturated heterocycles. The quantitative estimate of drug-likeness (QED) is 0.568. The summed E-state index contributed by atoms with van der Waals surface area (Å²) in [7, 11) is 3.50. The maximum Gasteiger partial charge on any atom is 0.283 e. The minimum atomic E-state index is -0.209. The first-order chi connectivity index (χ1) is 16.1. The lowest BCUT2D eigenvalue weighted by Crippen LogP contribution is -2.40. The topological polar surface area (TPSA) is 62.2 Å². The van der Waals surface area contributed by atoms with E-state index >= 15 is 0 Å². The number of hydrogen-bond donors (Lipinski definition) is 0. The average molecular weight is 464 g/mol. The molecule has 4 rings (SSSR count). The molecule has 0 N–H and O–H groups in total. The number of aliphatic imine (C=N–C) groups is 1. The van der Waals surface area contributed by atoms with Crippen molar-refractivity contribution in [1.82, 2.24) is 4.90 Å². The zero-order valence-corrected chi connectivity index (χ0v) is 19.9. The molecule has 0 spiro atoms. The number of amides is 2. The third kappa shape index (κ3) is 5.47. The van der Waals surface area contributed by atoms with Gasteiger partial charge in [0.25, 0.3) is 5.91 Å². The van der Waals surface area contributed by atoms with Gasteiger partial charge >= 0.3 is 0 Å². The van der Waals surface area contributed by atoms with Crippen molar-refractivity contribution in [3.8, 4) is 5.75 Å². The standard InChI is InChI=1S/C26H29N3O3S/c1-28(20-11-5-3-6-12-20)24(30)18-33-26-27-23(17-19-10-9-15-22(16-19)32-2)25(31)29(26)21-13-7-4-8-14-21/h4,7-10,13-17,20H,3,5-6,11-12,18H2,1-2H3/b23-17+. The van der Waals surface area contributed by atoms with Crippen LogP contribution in [0.4, 0.5) is 5.69 Å². The molecule has 2 aromatic rings. The van der Waals surface area contributed by atoms with Crippen LogP contribution in [0.5, 0.6) is 5.75 Å². The lowest BCUT2D eigenvalue weighted by molar-refractivity contribution is -0.129. The first-order valence-corrected chi connectivity index (χ1v) is 12.3. The molecule has 1 aliphatic carbocycles. The average Bonchev–Trinajstić information content (AvgIpc) is 3.17. The Morgan fingerprint density at radius 3 is 2.64 bits per heavy atom. The van der Waals surface area contributed by atoms with E-state index in [-0.39, 0.29) is 17.6 Å². The number of rotatable bonds is 6. The third-order valence-electron chi connectivity index (χ3n) is 6.08. The van der Waals surface area contributed by atoms with E-state index in [9.17, 15) is 9.59 Å². The number of thioether (sulfide) groups is 1. The summed E-state index contributed by atoms with van der Waals surface area (Å²) in [6.07, 6.45) is 7.49. The molecule has 1 fully saturated rings. The summed E-state index contributed by atoms with van der Waals surface area (Å²) in [5.74, 6) is 0.819. The summed E-state index contributed by atoms with van der Waals surface area (Å²) in [5, 5.41) is 0.519. The molecular formula is C26H29N3O3S. The van der Waals surface area contributed by atoms with Gasteiger partial charge < -0.3 is 9.64 Å². The first-order valence-electron chi connectivity index (χ1n) is 11.3. The van der Waals surface area contributed by atoms with Gasteiger partial charge in [0.1, 0.15) is 11.4 Å². The molecule has 2 aliphatic rings. The number of anilines is 1. The molecule has 1 heterocycles. The van der Waals surface area contributed by atoms with Gasteiger partial charge in [-0.15, -0.1) is 0 Å². The Hall–Kier alpha value is -3.06. The van der Waals surface area contributed by atoms with E-state index in [1.165, 1.54) is 31.0 Å². The maximum atomic E-state index is 13.3. The summed E-state index contributed by atoms with van der Waals surface area (Å²) in [6, 6.07) is 17.2. The monoisotopic (exact) mass is 463 g/mol. The molecule has 172 valence electrons. The number of para-hydroxylation sites is 1. The van der Waals surface area contributed by atoms with E-state index in [0.717, 1.165) is 24.1 Å². The third-order valence-corrected chi connectivity index (χ3v) is 7.01. The zero-order valence-electron chi connectivity index (χ0n) is 19.1. The molecule has 33 heavy (non-hydrogen) atoms. The van der Waals surface area contributed by atoms with Crippen molar-refractivity contribution in [3.05, 3.63) is 65.9 Å². The number of hydrogen-bond acceptors (Lipinski definition) is 5. The minimum absolute atomic E-state index is 0.0697. The fourth-order valence-electron chi connectivity index (χ4n) is 4.19. The fraction of sp³-hybridized carbons (Fsp3) is 0.346. The summed E-state index contributed by atoms with van der Waals surface area (Å²) in [4.78, 5) is 34.3. The Labute approximate surface area is 199 Å². The Morgan fingerprint density at radius 2 is 1.91 bits per heavy atom. The van der Waals surface area contributed by atoms with Gasteiger partial charge in [-0.25, -0.2) is 4.99 Å². The molecule has 2 amide bonds. The lowest BCUT2D eigenvalue weighted by Gasteiger charge is -2.31. The molecule has 2 aromatic carbocycles. The molecule has 0 atom stereocenters. The Bertz CT molecular complexity index is 1060. The molecule has 0 unspecified atom stereocenters. The van der Waals surface area contributed by atoms with Crippen LogP contribution in [0.25, 0.3) is 6.08 Å².